The first-order chi connectivity index (χ1) is 15.2. The molecule has 2 atom stereocenters. The number of ether oxygens (including phenoxy) is 2. The summed E-state index contributed by atoms with van der Waals surface area (Å²) in [5, 5.41) is -2.76. The molecule has 2 aliphatic heterocycles. The van der Waals surface area contributed by atoms with Crippen LogP contribution in [0.1, 0.15) is 26.7 Å². The van der Waals surface area contributed by atoms with Crippen LogP contribution in [0.25, 0.3) is 0 Å². The van der Waals surface area contributed by atoms with Gasteiger partial charge in [-0.15, -0.1) is 0 Å². The fraction of sp³-hybridized carbons (Fsp3) is 0.875. The normalized spacial score (nSPS) is 25.8. The van der Waals surface area contributed by atoms with Crippen molar-refractivity contribution < 1.29 is 71.7 Å². The number of carbonyl (C=O) groups excluding carboxylic acids is 2. The lowest BCUT2D eigenvalue weighted by Gasteiger charge is -2.45. The van der Waals surface area contributed by atoms with E-state index in [9.17, 15) is 62.3 Å². The predicted octanol–water partition coefficient (Wildman–Crippen LogP) is 3.90. The summed E-state index contributed by atoms with van der Waals surface area (Å²) >= 11 is 0. The van der Waals surface area contributed by atoms with Gasteiger partial charge in [0, 0.05) is 12.8 Å². The number of alkyl halides is 12. The number of nitrogens with zero attached hydrogens (tertiary/aromatic N) is 2. The SMILES string of the molecule is CCOC(=O)C1CC(C(F)(F)F)(C(F)(F)F)N2C(C(=O)OCC)CC(C(F)(F)F)(C(F)(F)F)N12. The van der Waals surface area contributed by atoms with E-state index in [1.54, 1.807) is 0 Å². The summed E-state index contributed by atoms with van der Waals surface area (Å²) in [6, 6.07) is -6.71. The Hall–Kier alpha value is -1.98. The Morgan fingerprint density at radius 2 is 0.882 bits per heavy atom. The molecule has 0 bridgehead atoms. The van der Waals surface area contributed by atoms with Crippen molar-refractivity contribution in [3.63, 3.8) is 0 Å². The van der Waals surface area contributed by atoms with Gasteiger partial charge in [0.1, 0.15) is 12.1 Å². The van der Waals surface area contributed by atoms with Gasteiger partial charge in [-0.25, -0.2) is 10.0 Å². The quantitative estimate of drug-likeness (QED) is 0.408. The van der Waals surface area contributed by atoms with Crippen molar-refractivity contribution in [2.24, 2.45) is 0 Å². The van der Waals surface area contributed by atoms with Crippen LogP contribution in [-0.2, 0) is 19.1 Å². The van der Waals surface area contributed by atoms with E-state index in [4.69, 9.17) is 0 Å². The van der Waals surface area contributed by atoms with Crippen LogP contribution in [0.4, 0.5) is 52.7 Å². The van der Waals surface area contributed by atoms with Crippen LogP contribution in [-0.4, -0.2) is 83.0 Å². The van der Waals surface area contributed by atoms with Gasteiger partial charge in [-0.2, -0.15) is 52.7 Å². The molecule has 2 rings (SSSR count). The van der Waals surface area contributed by atoms with Gasteiger partial charge < -0.3 is 9.47 Å². The van der Waals surface area contributed by atoms with Crippen molar-refractivity contribution in [2.75, 3.05) is 13.2 Å². The monoisotopic (exact) mass is 528 g/mol. The van der Waals surface area contributed by atoms with Crippen LogP contribution in [0, 0.1) is 0 Å². The summed E-state index contributed by atoms with van der Waals surface area (Å²) in [7, 11) is 0. The average Bonchev–Trinajstić information content (AvgIpc) is 3.15. The lowest BCUT2D eigenvalue weighted by atomic mass is 9.84. The molecule has 0 N–H and O–H groups in total. The lowest BCUT2D eigenvalue weighted by molar-refractivity contribution is -0.382. The molecule has 34 heavy (non-hydrogen) atoms. The highest BCUT2D eigenvalue weighted by Crippen LogP contribution is 2.65. The molecule has 2 fully saturated rings. The van der Waals surface area contributed by atoms with Crippen molar-refractivity contribution in [3.05, 3.63) is 0 Å². The molecule has 0 aromatic carbocycles. The number of hydrogen-bond donors (Lipinski definition) is 0. The highest BCUT2D eigenvalue weighted by molar-refractivity contribution is 5.80. The van der Waals surface area contributed by atoms with Crippen LogP contribution in [0.15, 0.2) is 0 Å². The summed E-state index contributed by atoms with van der Waals surface area (Å²) in [6.07, 6.45) is -31.7. The van der Waals surface area contributed by atoms with E-state index in [1.807, 2.05) is 0 Å². The standard InChI is InChI=1S/C16H16F12N2O4/c1-3-33-9(31)7-5-11(13(17,18)19,14(20,21)22)30-8(10(32)34-4-2)6-12(29(7)30,15(23,24)25)16(26,27)28/h7-8H,3-6H2,1-2H3. The molecule has 198 valence electrons. The van der Waals surface area contributed by atoms with E-state index in [-0.39, 0.29) is 0 Å². The number of fused-ring (bicyclic) bond motifs is 1. The maximum atomic E-state index is 14.0. The van der Waals surface area contributed by atoms with Crippen molar-refractivity contribution in [1.29, 1.82) is 0 Å². The van der Waals surface area contributed by atoms with E-state index in [0.717, 1.165) is 13.8 Å². The van der Waals surface area contributed by atoms with Crippen LogP contribution in [0.5, 0.6) is 0 Å². The molecule has 6 nitrogen and oxygen atoms in total. The molecule has 2 aliphatic rings. The van der Waals surface area contributed by atoms with E-state index < -0.39 is 95.9 Å². The molecule has 0 amide bonds. The first kappa shape index (κ1) is 28.3. The van der Waals surface area contributed by atoms with Crippen LogP contribution < -0.4 is 0 Å². The van der Waals surface area contributed by atoms with Gasteiger partial charge in [-0.1, -0.05) is 0 Å². The minimum atomic E-state index is -6.59. The van der Waals surface area contributed by atoms with E-state index in [2.05, 4.69) is 9.47 Å². The van der Waals surface area contributed by atoms with E-state index in [0.29, 0.717) is 0 Å². The molecule has 18 heteroatoms. The molecule has 0 saturated carbocycles. The van der Waals surface area contributed by atoms with Crippen LogP contribution >= 0.6 is 0 Å². The molecular formula is C16H16F12N2O4. The van der Waals surface area contributed by atoms with Crippen molar-refractivity contribution in [3.8, 4) is 0 Å². The second-order valence-electron chi connectivity index (χ2n) is 7.34. The summed E-state index contributed by atoms with van der Waals surface area (Å²) < 4.78 is 176. The number of hydrazine groups is 1. The van der Waals surface area contributed by atoms with Crippen molar-refractivity contribution in [2.45, 2.75) is 74.6 Å². The summed E-state index contributed by atoms with van der Waals surface area (Å²) in [5.41, 5.74) is -11.0. The Balaban J connectivity index is 3.03. The summed E-state index contributed by atoms with van der Waals surface area (Å²) in [5.74, 6) is -4.41. The molecule has 0 radical (unpaired) electrons. The van der Waals surface area contributed by atoms with Crippen LogP contribution in [0.3, 0.4) is 0 Å². The van der Waals surface area contributed by atoms with Gasteiger partial charge in [-0.3, -0.25) is 9.59 Å². The first-order valence-electron chi connectivity index (χ1n) is 9.34. The molecular weight excluding hydrogens is 512 g/mol. The van der Waals surface area contributed by atoms with Gasteiger partial charge in [0.2, 0.25) is 11.1 Å². The Bertz CT molecular complexity index is 710. The molecule has 2 heterocycles. The third kappa shape index (κ3) is 3.76. The Kier molecular flexibility index (Phi) is 6.90. The number of hydrogen-bond acceptors (Lipinski definition) is 6. The fourth-order valence-corrected chi connectivity index (χ4v) is 4.27. The second kappa shape index (κ2) is 8.30. The number of rotatable bonds is 4. The topological polar surface area (TPSA) is 59.1 Å². The zero-order valence-corrected chi connectivity index (χ0v) is 17.0. The zero-order valence-electron chi connectivity index (χ0n) is 17.0. The third-order valence-electron chi connectivity index (χ3n) is 5.58. The Morgan fingerprint density at radius 3 is 1.06 bits per heavy atom. The van der Waals surface area contributed by atoms with Crippen molar-refractivity contribution in [1.82, 2.24) is 10.0 Å². The Labute approximate surface area is 182 Å². The number of halogens is 12. The molecule has 2 unspecified atom stereocenters. The van der Waals surface area contributed by atoms with Gasteiger partial charge in [0.05, 0.1) is 13.2 Å². The zero-order chi connectivity index (χ0) is 26.7. The minimum Gasteiger partial charge on any atom is -0.465 e. The highest BCUT2D eigenvalue weighted by Gasteiger charge is 2.90. The summed E-state index contributed by atoms with van der Waals surface area (Å²) in [4.78, 5) is 24.4. The van der Waals surface area contributed by atoms with Crippen molar-refractivity contribution >= 4 is 11.9 Å². The number of carbonyl (C=O) groups is 2. The smallest absolute Gasteiger partial charge is 0.417 e. The lowest BCUT2D eigenvalue weighted by Crippen LogP contribution is -2.71. The van der Waals surface area contributed by atoms with E-state index in [1.165, 1.54) is 0 Å². The third-order valence-corrected chi connectivity index (χ3v) is 5.58. The predicted molar refractivity (Wildman–Crippen MR) is 83.4 cm³/mol. The molecule has 0 aliphatic carbocycles. The second-order valence-corrected chi connectivity index (χ2v) is 7.34. The Morgan fingerprint density at radius 1 is 0.647 bits per heavy atom. The van der Waals surface area contributed by atoms with Gasteiger partial charge >= 0.3 is 36.6 Å². The largest absolute Gasteiger partial charge is 0.465 e. The average molecular weight is 528 g/mol. The van der Waals surface area contributed by atoms with Crippen LogP contribution in [0.2, 0.25) is 0 Å². The minimum absolute atomic E-state index is 0.791. The maximum Gasteiger partial charge on any atom is 0.417 e. The van der Waals surface area contributed by atoms with Gasteiger partial charge in [0.25, 0.3) is 0 Å². The molecule has 0 aromatic rings. The highest BCUT2D eigenvalue weighted by atomic mass is 19.4. The molecule has 0 spiro atoms. The maximum absolute atomic E-state index is 14.0. The first-order valence-corrected chi connectivity index (χ1v) is 9.34. The van der Waals surface area contributed by atoms with Gasteiger partial charge in [-0.05, 0) is 13.8 Å². The summed E-state index contributed by atoms with van der Waals surface area (Å²) in [6.45, 7) is 0.357. The molecule has 2 saturated heterocycles. The van der Waals surface area contributed by atoms with E-state index >= 15 is 0 Å². The number of esters is 2. The van der Waals surface area contributed by atoms with Gasteiger partial charge in [0.15, 0.2) is 0 Å². The fourth-order valence-electron chi connectivity index (χ4n) is 4.27. The molecule has 0 aromatic heterocycles.